The molecule has 1 aromatic rings. The van der Waals surface area contributed by atoms with Crippen LogP contribution in [0.25, 0.3) is 0 Å². The van der Waals surface area contributed by atoms with E-state index in [0.29, 0.717) is 24.5 Å². The maximum absolute atomic E-state index is 12.0. The summed E-state index contributed by atoms with van der Waals surface area (Å²) in [6, 6.07) is 7.03. The van der Waals surface area contributed by atoms with Crippen LogP contribution in [0, 0.1) is 0 Å². The van der Waals surface area contributed by atoms with Crippen molar-refractivity contribution in [3.63, 3.8) is 0 Å². The Balaban J connectivity index is 1.91. The maximum atomic E-state index is 12.0. The van der Waals surface area contributed by atoms with Crippen LogP contribution in [0.3, 0.4) is 0 Å². The minimum atomic E-state index is -0.897. The predicted octanol–water partition coefficient (Wildman–Crippen LogP) is 1.74. The van der Waals surface area contributed by atoms with E-state index in [-0.39, 0.29) is 0 Å². The van der Waals surface area contributed by atoms with Gasteiger partial charge in [0.25, 0.3) is 5.91 Å². The van der Waals surface area contributed by atoms with Gasteiger partial charge in [0.1, 0.15) is 5.75 Å². The molecule has 0 radical (unpaired) electrons. The van der Waals surface area contributed by atoms with Crippen molar-refractivity contribution < 1.29 is 23.8 Å². The average Bonchev–Trinajstić information content (AvgIpc) is 3.02. The molecule has 0 saturated carbocycles. The number of hydrogen-bond donors (Lipinski definition) is 1. The second kappa shape index (κ2) is 7.08. The molecule has 6 nitrogen and oxygen atoms in total. The van der Waals surface area contributed by atoms with Crippen molar-refractivity contribution in [2.24, 2.45) is 0 Å². The molecule has 114 valence electrons. The molecule has 1 aromatic carbocycles. The summed E-state index contributed by atoms with van der Waals surface area (Å²) in [6.45, 7) is 2.08. The Labute approximate surface area is 123 Å². The zero-order chi connectivity index (χ0) is 15.2. The van der Waals surface area contributed by atoms with Gasteiger partial charge in [0.15, 0.2) is 12.2 Å². The van der Waals surface area contributed by atoms with Crippen LogP contribution in [0.4, 0.5) is 5.69 Å². The number of nitrogens with one attached hydrogen (secondary N) is 1. The molecule has 1 saturated heterocycles. The Morgan fingerprint density at radius 1 is 1.38 bits per heavy atom. The highest BCUT2D eigenvalue weighted by molar-refractivity contribution is 5.96. The first kappa shape index (κ1) is 15.3. The molecule has 2 rings (SSSR count). The number of esters is 1. The fourth-order valence-corrected chi connectivity index (χ4v) is 2.05. The topological polar surface area (TPSA) is 73.9 Å². The van der Waals surface area contributed by atoms with Gasteiger partial charge in [-0.3, -0.25) is 4.79 Å². The maximum Gasteiger partial charge on any atom is 0.336 e. The van der Waals surface area contributed by atoms with Crippen LogP contribution in [0.2, 0.25) is 0 Å². The minimum Gasteiger partial charge on any atom is -0.495 e. The zero-order valence-electron chi connectivity index (χ0n) is 12.1. The first-order chi connectivity index (χ1) is 10.1. The third kappa shape index (κ3) is 3.95. The smallest absolute Gasteiger partial charge is 0.336 e. The van der Waals surface area contributed by atoms with Crippen LogP contribution >= 0.6 is 0 Å². The van der Waals surface area contributed by atoms with Gasteiger partial charge in [0.2, 0.25) is 0 Å². The van der Waals surface area contributed by atoms with Crippen molar-refractivity contribution in [3.05, 3.63) is 24.3 Å². The summed E-state index contributed by atoms with van der Waals surface area (Å²) < 4.78 is 15.5. The molecule has 0 spiro atoms. The van der Waals surface area contributed by atoms with Gasteiger partial charge < -0.3 is 19.5 Å². The Hall–Kier alpha value is -2.08. The van der Waals surface area contributed by atoms with Crippen molar-refractivity contribution in [1.82, 2.24) is 0 Å². The highest BCUT2D eigenvalue weighted by Gasteiger charge is 2.28. The molecule has 21 heavy (non-hydrogen) atoms. The number of amides is 1. The molecular formula is C15H19NO5. The van der Waals surface area contributed by atoms with E-state index in [1.54, 1.807) is 24.3 Å². The molecule has 0 bridgehead atoms. The summed E-state index contributed by atoms with van der Waals surface area (Å²) in [5, 5.41) is 2.68. The average molecular weight is 293 g/mol. The van der Waals surface area contributed by atoms with Crippen molar-refractivity contribution in [1.29, 1.82) is 0 Å². The minimum absolute atomic E-state index is 0.411. The number of benzene rings is 1. The van der Waals surface area contributed by atoms with E-state index in [0.717, 1.165) is 6.42 Å². The van der Waals surface area contributed by atoms with E-state index in [1.807, 2.05) is 0 Å². The Morgan fingerprint density at radius 2 is 2.14 bits per heavy atom. The van der Waals surface area contributed by atoms with Crippen LogP contribution in [-0.4, -0.2) is 37.8 Å². The quantitative estimate of drug-likeness (QED) is 0.837. The number of rotatable bonds is 5. The molecule has 1 fully saturated rings. The first-order valence-corrected chi connectivity index (χ1v) is 6.88. The molecule has 1 N–H and O–H groups in total. The second-order valence-electron chi connectivity index (χ2n) is 4.77. The summed E-state index contributed by atoms with van der Waals surface area (Å²) in [4.78, 5) is 23.8. The van der Waals surface area contributed by atoms with Gasteiger partial charge in [-0.2, -0.15) is 0 Å². The zero-order valence-corrected chi connectivity index (χ0v) is 12.1. The summed E-state index contributed by atoms with van der Waals surface area (Å²) in [5.41, 5.74) is 0.532. The van der Waals surface area contributed by atoms with E-state index < -0.39 is 24.1 Å². The lowest BCUT2D eigenvalue weighted by atomic mass is 10.2. The van der Waals surface area contributed by atoms with Crippen LogP contribution in [0.15, 0.2) is 24.3 Å². The van der Waals surface area contributed by atoms with Crippen LogP contribution in [-0.2, 0) is 19.1 Å². The van der Waals surface area contributed by atoms with E-state index >= 15 is 0 Å². The van der Waals surface area contributed by atoms with Crippen LogP contribution in [0.1, 0.15) is 19.8 Å². The van der Waals surface area contributed by atoms with Crippen molar-refractivity contribution in [2.45, 2.75) is 32.0 Å². The van der Waals surface area contributed by atoms with Gasteiger partial charge in [-0.25, -0.2) is 4.79 Å². The fourth-order valence-electron chi connectivity index (χ4n) is 2.05. The largest absolute Gasteiger partial charge is 0.495 e. The number of carbonyl (C=O) groups excluding carboxylic acids is 2. The van der Waals surface area contributed by atoms with E-state index in [4.69, 9.17) is 14.2 Å². The highest BCUT2D eigenvalue weighted by Crippen LogP contribution is 2.23. The van der Waals surface area contributed by atoms with Crippen LogP contribution in [0.5, 0.6) is 5.75 Å². The van der Waals surface area contributed by atoms with E-state index in [9.17, 15) is 9.59 Å². The van der Waals surface area contributed by atoms with Crippen molar-refractivity contribution in [3.8, 4) is 5.75 Å². The number of anilines is 1. The standard InChI is InChI=1S/C15H19NO5/c1-10(21-15(18)13-8-5-9-20-13)14(17)16-11-6-3-4-7-12(11)19-2/h3-4,6-7,10,13H,5,8-9H2,1-2H3,(H,16,17)/t10-,13+/m1/s1. The molecular weight excluding hydrogens is 274 g/mol. The van der Waals surface area contributed by atoms with Crippen molar-refractivity contribution in [2.75, 3.05) is 19.0 Å². The molecule has 2 atom stereocenters. The number of methoxy groups -OCH3 is 1. The monoisotopic (exact) mass is 293 g/mol. The molecule has 1 aliphatic rings. The van der Waals surface area contributed by atoms with Gasteiger partial charge in [0, 0.05) is 6.61 Å². The highest BCUT2D eigenvalue weighted by atomic mass is 16.6. The second-order valence-corrected chi connectivity index (χ2v) is 4.77. The fraction of sp³-hybridized carbons (Fsp3) is 0.467. The lowest BCUT2D eigenvalue weighted by molar-refractivity contribution is -0.162. The SMILES string of the molecule is COc1ccccc1NC(=O)[C@@H](C)OC(=O)[C@@H]1CCCO1. The molecule has 0 aromatic heterocycles. The molecule has 6 heteroatoms. The Morgan fingerprint density at radius 3 is 2.81 bits per heavy atom. The van der Waals surface area contributed by atoms with Crippen LogP contribution < -0.4 is 10.1 Å². The van der Waals surface area contributed by atoms with E-state index in [1.165, 1.54) is 14.0 Å². The predicted molar refractivity (Wildman–Crippen MR) is 76.2 cm³/mol. The third-order valence-corrected chi connectivity index (χ3v) is 3.22. The summed E-state index contributed by atoms with van der Waals surface area (Å²) in [5.74, 6) is -0.357. The molecule has 0 aliphatic carbocycles. The number of para-hydroxylation sites is 2. The van der Waals surface area contributed by atoms with Gasteiger partial charge in [0.05, 0.1) is 12.8 Å². The number of ether oxygens (including phenoxy) is 3. The first-order valence-electron chi connectivity index (χ1n) is 6.88. The molecule has 1 heterocycles. The van der Waals surface area contributed by atoms with Gasteiger partial charge in [-0.1, -0.05) is 12.1 Å². The molecule has 1 aliphatic heterocycles. The number of carbonyl (C=O) groups is 2. The van der Waals surface area contributed by atoms with Crippen molar-refractivity contribution >= 4 is 17.6 Å². The third-order valence-electron chi connectivity index (χ3n) is 3.22. The summed E-state index contributed by atoms with van der Waals surface area (Å²) in [6.07, 6.45) is 0.0273. The van der Waals surface area contributed by atoms with Gasteiger partial charge >= 0.3 is 5.97 Å². The summed E-state index contributed by atoms with van der Waals surface area (Å²) >= 11 is 0. The Bertz CT molecular complexity index is 511. The normalized spacial score (nSPS) is 18.9. The van der Waals surface area contributed by atoms with E-state index in [2.05, 4.69) is 5.32 Å². The van der Waals surface area contributed by atoms with Gasteiger partial charge in [-0.05, 0) is 31.9 Å². The lowest BCUT2D eigenvalue weighted by Crippen LogP contribution is -2.34. The summed E-state index contributed by atoms with van der Waals surface area (Å²) in [7, 11) is 1.52. The lowest BCUT2D eigenvalue weighted by Gasteiger charge is -2.16. The number of hydrogen-bond acceptors (Lipinski definition) is 5. The molecule has 1 amide bonds. The molecule has 0 unspecified atom stereocenters. The Kier molecular flexibility index (Phi) is 5.16. The van der Waals surface area contributed by atoms with Gasteiger partial charge in [-0.15, -0.1) is 0 Å².